The molecule has 0 aliphatic heterocycles. The molecule has 0 aliphatic carbocycles. The Morgan fingerprint density at radius 3 is 2.55 bits per heavy atom. The van der Waals surface area contributed by atoms with Crippen LogP contribution in [-0.4, -0.2) is 17.4 Å². The van der Waals surface area contributed by atoms with Gasteiger partial charge in [-0.1, -0.05) is 11.6 Å². The van der Waals surface area contributed by atoms with Crippen LogP contribution in [-0.2, 0) is 16.0 Å². The molecule has 110 valence electrons. The SMILES string of the molecule is CC(C)(C)OC(=O)CCc1cc(Cl)c(C(=N)N)cc1F. The van der Waals surface area contributed by atoms with Crippen molar-refractivity contribution in [2.24, 2.45) is 5.73 Å². The maximum atomic E-state index is 13.8. The molecule has 0 heterocycles. The number of hydrogen-bond acceptors (Lipinski definition) is 3. The van der Waals surface area contributed by atoms with Crippen molar-refractivity contribution in [3.63, 3.8) is 0 Å². The summed E-state index contributed by atoms with van der Waals surface area (Å²) in [4.78, 5) is 11.6. The number of nitrogen functional groups attached to an aromatic ring is 1. The maximum absolute atomic E-state index is 13.8. The summed E-state index contributed by atoms with van der Waals surface area (Å²) < 4.78 is 19.0. The predicted octanol–water partition coefficient (Wildman–Crippen LogP) is 3.04. The van der Waals surface area contributed by atoms with E-state index < -0.39 is 17.4 Å². The summed E-state index contributed by atoms with van der Waals surface area (Å²) in [6.07, 6.45) is 0.239. The standard InChI is InChI=1S/C14H18ClFN2O2/c1-14(2,3)20-12(19)5-4-8-6-10(15)9(13(17)18)7-11(8)16/h6-7H,4-5H2,1-3H3,(H3,17,18). The van der Waals surface area contributed by atoms with E-state index in [4.69, 9.17) is 27.5 Å². The van der Waals surface area contributed by atoms with Gasteiger partial charge in [-0.3, -0.25) is 10.2 Å². The average molecular weight is 301 g/mol. The first-order chi connectivity index (χ1) is 9.10. The number of halogens is 2. The van der Waals surface area contributed by atoms with Crippen molar-refractivity contribution >= 4 is 23.4 Å². The zero-order chi connectivity index (χ0) is 15.5. The lowest BCUT2D eigenvalue weighted by atomic mass is 10.1. The molecule has 0 amide bonds. The molecule has 0 radical (unpaired) electrons. The minimum atomic E-state index is -0.564. The molecule has 3 N–H and O–H groups in total. The Balaban J connectivity index is 2.77. The molecule has 20 heavy (non-hydrogen) atoms. The topological polar surface area (TPSA) is 76.2 Å². The summed E-state index contributed by atoms with van der Waals surface area (Å²) in [6.45, 7) is 5.30. The summed E-state index contributed by atoms with van der Waals surface area (Å²) >= 11 is 5.91. The van der Waals surface area contributed by atoms with E-state index in [0.717, 1.165) is 6.07 Å². The molecule has 0 saturated heterocycles. The van der Waals surface area contributed by atoms with E-state index in [-0.39, 0.29) is 29.3 Å². The van der Waals surface area contributed by atoms with Crippen LogP contribution < -0.4 is 5.73 Å². The Morgan fingerprint density at radius 2 is 2.05 bits per heavy atom. The minimum Gasteiger partial charge on any atom is -0.460 e. The number of aryl methyl sites for hydroxylation is 1. The quantitative estimate of drug-likeness (QED) is 0.510. The van der Waals surface area contributed by atoms with Crippen molar-refractivity contribution in [1.29, 1.82) is 5.41 Å². The van der Waals surface area contributed by atoms with Gasteiger partial charge in [0.05, 0.1) is 5.02 Å². The number of nitrogens with two attached hydrogens (primary N) is 1. The molecule has 1 aromatic carbocycles. The maximum Gasteiger partial charge on any atom is 0.306 e. The van der Waals surface area contributed by atoms with Crippen LogP contribution in [0.25, 0.3) is 0 Å². The summed E-state index contributed by atoms with van der Waals surface area (Å²) in [5.74, 6) is -1.24. The lowest BCUT2D eigenvalue weighted by Crippen LogP contribution is -2.24. The summed E-state index contributed by atoms with van der Waals surface area (Å²) in [5, 5.41) is 7.46. The van der Waals surface area contributed by atoms with Gasteiger partial charge in [-0.25, -0.2) is 4.39 Å². The number of hydrogen-bond donors (Lipinski definition) is 2. The van der Waals surface area contributed by atoms with E-state index in [2.05, 4.69) is 0 Å². The van der Waals surface area contributed by atoms with Gasteiger partial charge in [0.15, 0.2) is 0 Å². The summed E-state index contributed by atoms with van der Waals surface area (Å²) in [7, 11) is 0. The Kier molecular flexibility index (Phi) is 5.11. The van der Waals surface area contributed by atoms with Crippen LogP contribution in [0.2, 0.25) is 5.02 Å². The van der Waals surface area contributed by atoms with Crippen LogP contribution in [0.15, 0.2) is 12.1 Å². The minimum absolute atomic E-state index is 0.0595. The molecule has 4 nitrogen and oxygen atoms in total. The van der Waals surface area contributed by atoms with Crippen LogP contribution in [0.3, 0.4) is 0 Å². The Labute approximate surface area is 122 Å². The first kappa shape index (κ1) is 16.4. The van der Waals surface area contributed by atoms with E-state index in [9.17, 15) is 9.18 Å². The second-order valence-electron chi connectivity index (χ2n) is 5.42. The van der Waals surface area contributed by atoms with E-state index in [0.29, 0.717) is 5.56 Å². The smallest absolute Gasteiger partial charge is 0.306 e. The van der Waals surface area contributed by atoms with Crippen LogP contribution in [0.5, 0.6) is 0 Å². The fourth-order valence-corrected chi connectivity index (χ4v) is 1.90. The van der Waals surface area contributed by atoms with Gasteiger partial charge in [0.2, 0.25) is 0 Å². The number of rotatable bonds is 4. The molecular weight excluding hydrogens is 283 g/mol. The molecular formula is C14H18ClFN2O2. The number of esters is 1. The normalized spacial score (nSPS) is 11.2. The number of carbonyl (C=O) groups is 1. The van der Waals surface area contributed by atoms with E-state index in [1.165, 1.54) is 6.07 Å². The molecule has 0 bridgehead atoms. The fourth-order valence-electron chi connectivity index (χ4n) is 1.62. The van der Waals surface area contributed by atoms with Crippen molar-refractivity contribution in [2.45, 2.75) is 39.2 Å². The van der Waals surface area contributed by atoms with Gasteiger partial charge in [0.25, 0.3) is 0 Å². The summed E-state index contributed by atoms with van der Waals surface area (Å²) in [5.41, 5.74) is 5.16. The number of carbonyl (C=O) groups excluding carboxylic acids is 1. The second-order valence-corrected chi connectivity index (χ2v) is 5.83. The molecule has 1 rings (SSSR count). The third-order valence-electron chi connectivity index (χ3n) is 2.44. The van der Waals surface area contributed by atoms with Gasteiger partial charge >= 0.3 is 5.97 Å². The molecule has 0 saturated carbocycles. The van der Waals surface area contributed by atoms with Gasteiger partial charge < -0.3 is 10.5 Å². The first-order valence-corrected chi connectivity index (χ1v) is 6.52. The van der Waals surface area contributed by atoms with Gasteiger partial charge in [0.1, 0.15) is 17.3 Å². The molecule has 0 aromatic heterocycles. The van der Waals surface area contributed by atoms with Crippen LogP contribution >= 0.6 is 11.6 Å². The second kappa shape index (κ2) is 6.22. The molecule has 1 aromatic rings. The average Bonchev–Trinajstić information content (AvgIpc) is 2.27. The highest BCUT2D eigenvalue weighted by molar-refractivity contribution is 6.34. The van der Waals surface area contributed by atoms with Gasteiger partial charge in [-0.05, 0) is 44.9 Å². The monoisotopic (exact) mass is 300 g/mol. The molecule has 0 aliphatic rings. The number of ether oxygens (including phenoxy) is 1. The van der Waals surface area contributed by atoms with Crippen LogP contribution in [0.4, 0.5) is 4.39 Å². The lowest BCUT2D eigenvalue weighted by molar-refractivity contribution is -0.154. The molecule has 6 heteroatoms. The third-order valence-corrected chi connectivity index (χ3v) is 2.76. The van der Waals surface area contributed by atoms with Gasteiger partial charge in [0, 0.05) is 12.0 Å². The Morgan fingerprint density at radius 1 is 1.45 bits per heavy atom. The Hall–Kier alpha value is -1.62. The van der Waals surface area contributed by atoms with Crippen molar-refractivity contribution in [3.05, 3.63) is 34.1 Å². The zero-order valence-corrected chi connectivity index (χ0v) is 12.5. The first-order valence-electron chi connectivity index (χ1n) is 6.14. The highest BCUT2D eigenvalue weighted by atomic mass is 35.5. The summed E-state index contributed by atoms with van der Waals surface area (Å²) in [6, 6.07) is 2.49. The van der Waals surface area contributed by atoms with E-state index in [1.807, 2.05) is 0 Å². The largest absolute Gasteiger partial charge is 0.460 e. The van der Waals surface area contributed by atoms with E-state index in [1.54, 1.807) is 20.8 Å². The number of benzene rings is 1. The van der Waals surface area contributed by atoms with Crippen LogP contribution in [0, 0.1) is 11.2 Å². The highest BCUT2D eigenvalue weighted by Crippen LogP contribution is 2.22. The van der Waals surface area contributed by atoms with E-state index >= 15 is 0 Å². The third kappa shape index (κ3) is 4.81. The highest BCUT2D eigenvalue weighted by Gasteiger charge is 2.17. The molecule has 0 unspecified atom stereocenters. The molecule has 0 spiro atoms. The number of amidine groups is 1. The van der Waals surface area contributed by atoms with Crippen LogP contribution in [0.1, 0.15) is 38.3 Å². The van der Waals surface area contributed by atoms with Gasteiger partial charge in [-0.2, -0.15) is 0 Å². The van der Waals surface area contributed by atoms with Crippen molar-refractivity contribution in [2.75, 3.05) is 0 Å². The van der Waals surface area contributed by atoms with Crippen molar-refractivity contribution < 1.29 is 13.9 Å². The predicted molar refractivity (Wildman–Crippen MR) is 76.6 cm³/mol. The van der Waals surface area contributed by atoms with Crippen molar-refractivity contribution in [3.8, 4) is 0 Å². The lowest BCUT2D eigenvalue weighted by Gasteiger charge is -2.19. The van der Waals surface area contributed by atoms with Crippen molar-refractivity contribution in [1.82, 2.24) is 0 Å². The van der Waals surface area contributed by atoms with Gasteiger partial charge in [-0.15, -0.1) is 0 Å². The Bertz CT molecular complexity index is 539. The molecule has 0 fully saturated rings. The molecule has 0 atom stereocenters. The zero-order valence-electron chi connectivity index (χ0n) is 11.7. The fraction of sp³-hybridized carbons (Fsp3) is 0.429. The number of nitrogens with one attached hydrogen (secondary N) is 1.